The molecule has 0 saturated carbocycles. The topological polar surface area (TPSA) is 56.3 Å². The normalized spacial score (nSPS) is 26.5. The van der Waals surface area contributed by atoms with Gasteiger partial charge in [-0.25, -0.2) is 9.53 Å². The van der Waals surface area contributed by atoms with Crippen LogP contribution in [0.25, 0.3) is 10.5 Å². The Morgan fingerprint density at radius 3 is 2.50 bits per heavy atom. The van der Waals surface area contributed by atoms with Crippen molar-refractivity contribution in [1.82, 2.24) is 9.78 Å². The number of benzene rings is 1. The van der Waals surface area contributed by atoms with Gasteiger partial charge in [-0.05, 0) is 31.4 Å². The summed E-state index contributed by atoms with van der Waals surface area (Å²) in [5.74, 6) is -0.461. The Balaban J connectivity index is 1.92. The summed E-state index contributed by atoms with van der Waals surface area (Å²) in [7, 11) is 0. The second-order valence-corrected chi connectivity index (χ2v) is 7.81. The Kier molecular flexibility index (Phi) is 3.32. The van der Waals surface area contributed by atoms with E-state index in [1.165, 1.54) is 0 Å². The molecule has 5 nitrogen and oxygen atoms in total. The molecule has 0 N–H and O–H groups in total. The van der Waals surface area contributed by atoms with Crippen LogP contribution >= 0.6 is 0 Å². The predicted molar refractivity (Wildman–Crippen MR) is 96.7 cm³/mol. The molecule has 4 rings (SSSR count). The van der Waals surface area contributed by atoms with Crippen molar-refractivity contribution in [3.8, 4) is 5.69 Å². The van der Waals surface area contributed by atoms with E-state index in [1.807, 2.05) is 51.1 Å². The number of hydrogen-bond donors (Lipinski definition) is 0. The Hall–Kier alpha value is -3.00. The quantitative estimate of drug-likeness (QED) is 0.742. The van der Waals surface area contributed by atoms with Gasteiger partial charge in [-0.15, -0.1) is 0 Å². The van der Waals surface area contributed by atoms with Crippen LogP contribution in [0.15, 0.2) is 48.3 Å². The molecule has 1 aromatic heterocycles. The maximum absolute atomic E-state index is 13.4. The minimum Gasteiger partial charge on any atom is -0.307 e. The van der Waals surface area contributed by atoms with E-state index in [0.717, 1.165) is 11.4 Å². The van der Waals surface area contributed by atoms with Gasteiger partial charge in [-0.1, -0.05) is 38.1 Å². The molecule has 1 aromatic carbocycles. The molecule has 0 radical (unpaired) electrons. The van der Waals surface area contributed by atoms with Gasteiger partial charge in [-0.2, -0.15) is 5.10 Å². The molecule has 26 heavy (non-hydrogen) atoms. The number of rotatable bonds is 1. The number of fused-ring (bicyclic) bond motifs is 2. The second-order valence-electron chi connectivity index (χ2n) is 7.81. The number of carbonyl (C=O) groups is 2. The third-order valence-corrected chi connectivity index (χ3v) is 5.97. The van der Waals surface area contributed by atoms with Gasteiger partial charge in [0.2, 0.25) is 5.70 Å². The molecule has 0 bridgehead atoms. The number of nitrogens with zero attached hydrogens (tertiary/aromatic N) is 3. The summed E-state index contributed by atoms with van der Waals surface area (Å²) in [6, 6.07) is 9.68. The first kappa shape index (κ1) is 16.5. The monoisotopic (exact) mass is 345 g/mol. The van der Waals surface area contributed by atoms with E-state index < -0.39 is 10.8 Å². The van der Waals surface area contributed by atoms with Crippen LogP contribution in [-0.2, 0) is 11.2 Å². The Bertz CT molecular complexity index is 1010. The van der Waals surface area contributed by atoms with Gasteiger partial charge in [0.25, 0.3) is 0 Å². The van der Waals surface area contributed by atoms with Gasteiger partial charge in [0.1, 0.15) is 0 Å². The minimum atomic E-state index is -0.866. The Morgan fingerprint density at radius 2 is 1.85 bits per heavy atom. The van der Waals surface area contributed by atoms with Gasteiger partial charge in [-0.3, -0.25) is 4.79 Å². The molecule has 0 unspecified atom stereocenters. The lowest BCUT2D eigenvalue weighted by Gasteiger charge is -2.49. The van der Waals surface area contributed by atoms with E-state index in [0.29, 0.717) is 12.0 Å². The molecule has 0 amide bonds. The number of ketones is 2. The molecule has 2 aromatic rings. The molecular formula is C21H19N3O2. The van der Waals surface area contributed by atoms with Crippen LogP contribution in [0, 0.1) is 23.3 Å². The number of aromatic nitrogens is 2. The van der Waals surface area contributed by atoms with Crippen LogP contribution in [0.1, 0.15) is 36.8 Å². The third kappa shape index (κ3) is 1.99. The molecule has 2 aliphatic carbocycles. The van der Waals surface area contributed by atoms with Crippen LogP contribution in [0.5, 0.6) is 0 Å². The molecular weight excluding hydrogens is 326 g/mol. The number of Topliss-reactive ketones (excluding diaryl/α,β-unsaturated/α-hetero) is 2. The highest BCUT2D eigenvalue weighted by atomic mass is 16.1. The van der Waals surface area contributed by atoms with Crippen molar-refractivity contribution in [1.29, 1.82) is 0 Å². The predicted octanol–water partition coefficient (Wildman–Crippen LogP) is 3.65. The van der Waals surface area contributed by atoms with Crippen LogP contribution in [0.3, 0.4) is 0 Å². The Morgan fingerprint density at radius 1 is 1.15 bits per heavy atom. The van der Waals surface area contributed by atoms with Crippen molar-refractivity contribution in [2.75, 3.05) is 0 Å². The molecule has 2 atom stereocenters. The van der Waals surface area contributed by atoms with Crippen molar-refractivity contribution in [3.63, 3.8) is 0 Å². The SMILES string of the molecule is [C-]#[N+]C1=C[C@]2(C)C(=O)c3cnn(-c4ccccc4)c3C[C@H]2C(C)(C)C1=O. The zero-order valence-corrected chi connectivity index (χ0v) is 15.0. The number of allylic oxidation sites excluding steroid dienone is 2. The highest BCUT2D eigenvalue weighted by molar-refractivity contribution is 6.09. The summed E-state index contributed by atoms with van der Waals surface area (Å²) in [5.41, 5.74) is 0.725. The van der Waals surface area contributed by atoms with Gasteiger partial charge < -0.3 is 4.79 Å². The molecule has 0 saturated heterocycles. The van der Waals surface area contributed by atoms with E-state index in [-0.39, 0.29) is 23.2 Å². The lowest BCUT2D eigenvalue weighted by Crippen LogP contribution is -2.53. The van der Waals surface area contributed by atoms with Crippen LogP contribution in [0.2, 0.25) is 0 Å². The van der Waals surface area contributed by atoms with Crippen LogP contribution in [0.4, 0.5) is 0 Å². The summed E-state index contributed by atoms with van der Waals surface area (Å²) in [4.78, 5) is 29.5. The number of para-hydroxylation sites is 1. The molecule has 0 spiro atoms. The molecule has 1 heterocycles. The van der Waals surface area contributed by atoms with E-state index in [2.05, 4.69) is 9.94 Å². The van der Waals surface area contributed by atoms with Crippen molar-refractivity contribution < 1.29 is 9.59 Å². The third-order valence-electron chi connectivity index (χ3n) is 5.97. The Labute approximate surface area is 152 Å². The number of carbonyl (C=O) groups excluding carboxylic acids is 2. The zero-order chi connectivity index (χ0) is 18.7. The summed E-state index contributed by atoms with van der Waals surface area (Å²) in [6.45, 7) is 12.9. The lowest BCUT2D eigenvalue weighted by molar-refractivity contribution is -0.128. The number of hydrogen-bond acceptors (Lipinski definition) is 3. The molecule has 5 heteroatoms. The van der Waals surface area contributed by atoms with Gasteiger partial charge in [0, 0.05) is 10.8 Å². The maximum Gasteiger partial charge on any atom is 0.226 e. The van der Waals surface area contributed by atoms with Gasteiger partial charge in [0.05, 0.1) is 29.7 Å². The first-order valence-corrected chi connectivity index (χ1v) is 8.63. The largest absolute Gasteiger partial charge is 0.307 e. The smallest absolute Gasteiger partial charge is 0.226 e. The van der Waals surface area contributed by atoms with E-state index in [9.17, 15) is 9.59 Å². The highest BCUT2D eigenvalue weighted by Crippen LogP contribution is 2.54. The molecule has 130 valence electrons. The second kappa shape index (κ2) is 5.25. The highest BCUT2D eigenvalue weighted by Gasteiger charge is 2.57. The molecule has 2 aliphatic rings. The van der Waals surface area contributed by atoms with Gasteiger partial charge >= 0.3 is 0 Å². The standard InChI is InChI=1S/C21H19N3O2/c1-20(2)17-10-16-14(12-23-24(16)13-8-6-5-7-9-13)18(25)21(17,3)11-15(22-4)19(20)26/h5-9,11-12,17H,10H2,1-3H3/t17-,21-/m0/s1. The first-order valence-electron chi connectivity index (χ1n) is 8.63. The van der Waals surface area contributed by atoms with E-state index >= 15 is 0 Å². The fourth-order valence-corrected chi connectivity index (χ4v) is 4.50. The van der Waals surface area contributed by atoms with Crippen molar-refractivity contribution in [3.05, 3.63) is 71.0 Å². The van der Waals surface area contributed by atoms with E-state index in [1.54, 1.807) is 17.0 Å². The average Bonchev–Trinajstić information content (AvgIpc) is 3.06. The molecule has 0 fully saturated rings. The van der Waals surface area contributed by atoms with Crippen LogP contribution < -0.4 is 0 Å². The minimum absolute atomic E-state index is 0.0624. The lowest BCUT2D eigenvalue weighted by atomic mass is 9.52. The molecule has 0 aliphatic heterocycles. The summed E-state index contributed by atoms with van der Waals surface area (Å²) < 4.78 is 1.79. The van der Waals surface area contributed by atoms with Crippen molar-refractivity contribution >= 4 is 11.6 Å². The summed E-state index contributed by atoms with van der Waals surface area (Å²) >= 11 is 0. The zero-order valence-electron chi connectivity index (χ0n) is 15.0. The fourth-order valence-electron chi connectivity index (χ4n) is 4.50. The van der Waals surface area contributed by atoms with Gasteiger partial charge in [0.15, 0.2) is 11.6 Å². The maximum atomic E-state index is 13.4. The van der Waals surface area contributed by atoms with Crippen molar-refractivity contribution in [2.45, 2.75) is 27.2 Å². The van der Waals surface area contributed by atoms with Crippen molar-refractivity contribution in [2.24, 2.45) is 16.7 Å². The average molecular weight is 345 g/mol. The fraction of sp³-hybridized carbons (Fsp3) is 0.333. The summed E-state index contributed by atoms with van der Waals surface area (Å²) in [5, 5.41) is 4.44. The van der Waals surface area contributed by atoms with Crippen LogP contribution in [-0.4, -0.2) is 21.3 Å². The first-order chi connectivity index (χ1) is 12.3. The van der Waals surface area contributed by atoms with E-state index in [4.69, 9.17) is 6.57 Å². The summed E-state index contributed by atoms with van der Waals surface area (Å²) in [6.07, 6.45) is 3.76.